The van der Waals surface area contributed by atoms with Crippen LogP contribution >= 0.6 is 15.9 Å². The predicted molar refractivity (Wildman–Crippen MR) is 64.4 cm³/mol. The third-order valence-electron chi connectivity index (χ3n) is 2.25. The lowest BCUT2D eigenvalue weighted by Crippen LogP contribution is -2.13. The highest BCUT2D eigenvalue weighted by Crippen LogP contribution is 2.17. The number of carbonyl (C=O) groups is 1. The van der Waals surface area contributed by atoms with Gasteiger partial charge in [-0.05, 0) is 24.1 Å². The zero-order valence-corrected chi connectivity index (χ0v) is 10.5. The third-order valence-corrected chi connectivity index (χ3v) is 2.67. The minimum Gasteiger partial charge on any atom is -0.392 e. The number of benzene rings is 1. The lowest BCUT2D eigenvalue weighted by molar-refractivity contribution is 0.0995. The number of alkyl halides is 1. The fourth-order valence-corrected chi connectivity index (χ4v) is 1.65. The molecular weight excluding hydrogens is 270 g/mol. The lowest BCUT2D eigenvalue weighted by atomic mass is 9.97. The van der Waals surface area contributed by atoms with Gasteiger partial charge in [-0.2, -0.15) is 5.26 Å². The first-order chi connectivity index (χ1) is 7.60. The molecular formula is C12H12BrNO2. The van der Waals surface area contributed by atoms with Gasteiger partial charge in [0.1, 0.15) is 0 Å². The Hall–Kier alpha value is -1.18. The van der Waals surface area contributed by atoms with Gasteiger partial charge in [0.25, 0.3) is 0 Å². The monoisotopic (exact) mass is 281 g/mol. The number of Topliss-reactive ketones (excluding diaryl/α,β-unsaturated/α-hetero) is 1. The summed E-state index contributed by atoms with van der Waals surface area (Å²) in [5.74, 6) is -0.0689. The fourth-order valence-electron chi connectivity index (χ4n) is 1.40. The van der Waals surface area contributed by atoms with Gasteiger partial charge in [0.2, 0.25) is 0 Å². The maximum Gasteiger partial charge on any atom is 0.176 e. The summed E-state index contributed by atoms with van der Waals surface area (Å²) in [6, 6.07) is 7.12. The molecule has 0 saturated carbocycles. The van der Waals surface area contributed by atoms with Crippen molar-refractivity contribution in [2.45, 2.75) is 24.8 Å². The molecule has 0 saturated heterocycles. The summed E-state index contributed by atoms with van der Waals surface area (Å²) >= 11 is 3.21. The zero-order chi connectivity index (χ0) is 12.1. The summed E-state index contributed by atoms with van der Waals surface area (Å²) in [5.41, 5.74) is 1.90. The molecule has 1 atom stereocenters. The Morgan fingerprint density at radius 3 is 2.81 bits per heavy atom. The van der Waals surface area contributed by atoms with E-state index in [1.165, 1.54) is 0 Å². The van der Waals surface area contributed by atoms with E-state index in [4.69, 9.17) is 10.4 Å². The van der Waals surface area contributed by atoms with Crippen molar-refractivity contribution in [1.82, 2.24) is 0 Å². The molecule has 0 aliphatic carbocycles. The lowest BCUT2D eigenvalue weighted by Gasteiger charge is -2.09. The topological polar surface area (TPSA) is 61.1 Å². The van der Waals surface area contributed by atoms with Crippen LogP contribution in [-0.2, 0) is 13.0 Å². The fraction of sp³-hybridized carbons (Fsp3) is 0.333. The van der Waals surface area contributed by atoms with Gasteiger partial charge in [-0.1, -0.05) is 28.1 Å². The Morgan fingerprint density at radius 2 is 2.31 bits per heavy atom. The molecule has 0 aromatic heterocycles. The number of nitriles is 1. The molecule has 84 valence electrons. The highest BCUT2D eigenvalue weighted by molar-refractivity contribution is 9.10. The van der Waals surface area contributed by atoms with Crippen molar-refractivity contribution in [1.29, 1.82) is 5.26 Å². The van der Waals surface area contributed by atoms with Gasteiger partial charge in [-0.15, -0.1) is 0 Å². The molecule has 0 radical (unpaired) electrons. The van der Waals surface area contributed by atoms with Crippen LogP contribution in [0.25, 0.3) is 0 Å². The van der Waals surface area contributed by atoms with Crippen LogP contribution in [0.4, 0.5) is 0 Å². The average Bonchev–Trinajstić information content (AvgIpc) is 2.29. The first-order valence-electron chi connectivity index (χ1n) is 4.88. The molecule has 0 spiro atoms. The van der Waals surface area contributed by atoms with Crippen molar-refractivity contribution in [3.63, 3.8) is 0 Å². The summed E-state index contributed by atoms with van der Waals surface area (Å²) in [6.45, 7) is 1.63. The molecule has 0 aliphatic rings. The van der Waals surface area contributed by atoms with E-state index in [1.807, 2.05) is 6.07 Å². The van der Waals surface area contributed by atoms with Gasteiger partial charge in [0.05, 0.1) is 23.9 Å². The van der Waals surface area contributed by atoms with E-state index in [-0.39, 0.29) is 23.6 Å². The summed E-state index contributed by atoms with van der Waals surface area (Å²) < 4.78 is 0. The van der Waals surface area contributed by atoms with Gasteiger partial charge in [-0.25, -0.2) is 0 Å². The number of halogens is 1. The highest BCUT2D eigenvalue weighted by atomic mass is 79.9. The molecule has 1 N–H and O–H groups in total. The summed E-state index contributed by atoms with van der Waals surface area (Å²) in [6.07, 6.45) is 0.201. The zero-order valence-electron chi connectivity index (χ0n) is 8.90. The second kappa shape index (κ2) is 5.78. The number of aliphatic hydroxyl groups excluding tert-OH is 1. The second-order valence-corrected chi connectivity index (χ2v) is 4.84. The highest BCUT2D eigenvalue weighted by Gasteiger charge is 2.16. The first kappa shape index (κ1) is 12.9. The minimum absolute atomic E-state index is 0.0689. The summed E-state index contributed by atoms with van der Waals surface area (Å²) in [7, 11) is 0. The third kappa shape index (κ3) is 2.91. The van der Waals surface area contributed by atoms with E-state index in [1.54, 1.807) is 25.1 Å². The van der Waals surface area contributed by atoms with Gasteiger partial charge < -0.3 is 5.11 Å². The second-order valence-electron chi connectivity index (χ2n) is 3.46. The van der Waals surface area contributed by atoms with Crippen LogP contribution in [0.2, 0.25) is 0 Å². The Balaban J connectivity index is 3.20. The standard InChI is InChI=1S/C12H12BrNO2/c1-8(13)12(16)11-6-9(7-15)2-3-10(11)4-5-14/h2-3,6,8,15H,4,7H2,1H3. The number of ketones is 1. The Kier molecular flexibility index (Phi) is 4.66. The summed E-state index contributed by atoms with van der Waals surface area (Å²) in [4.78, 5) is 11.6. The number of aliphatic hydroxyl groups is 1. The van der Waals surface area contributed by atoms with Crippen LogP contribution in [0.3, 0.4) is 0 Å². The van der Waals surface area contributed by atoms with Crippen LogP contribution in [0.15, 0.2) is 18.2 Å². The molecule has 0 aliphatic heterocycles. The normalized spacial score (nSPS) is 11.9. The van der Waals surface area contributed by atoms with Crippen LogP contribution < -0.4 is 0 Å². The van der Waals surface area contributed by atoms with E-state index in [0.29, 0.717) is 16.7 Å². The SMILES string of the molecule is CC(Br)C(=O)c1cc(CO)ccc1CC#N. The average molecular weight is 282 g/mol. The van der Waals surface area contributed by atoms with Gasteiger partial charge >= 0.3 is 0 Å². The van der Waals surface area contributed by atoms with Gasteiger partial charge in [0, 0.05) is 5.56 Å². The van der Waals surface area contributed by atoms with Crippen LogP contribution in [0.1, 0.15) is 28.4 Å². The van der Waals surface area contributed by atoms with Crippen molar-refractivity contribution in [3.05, 3.63) is 34.9 Å². The molecule has 3 nitrogen and oxygen atoms in total. The molecule has 1 rings (SSSR count). The van der Waals surface area contributed by atoms with E-state index >= 15 is 0 Å². The van der Waals surface area contributed by atoms with Crippen molar-refractivity contribution in [3.8, 4) is 6.07 Å². The molecule has 1 aromatic carbocycles. The Bertz CT molecular complexity index is 435. The van der Waals surface area contributed by atoms with Crippen LogP contribution in [0.5, 0.6) is 0 Å². The molecule has 1 aromatic rings. The Labute approximate surface area is 103 Å². The minimum atomic E-state index is -0.293. The summed E-state index contributed by atoms with van der Waals surface area (Å²) in [5, 5.41) is 17.7. The van der Waals surface area contributed by atoms with Crippen LogP contribution in [-0.4, -0.2) is 15.7 Å². The molecule has 0 bridgehead atoms. The van der Waals surface area contributed by atoms with Crippen molar-refractivity contribution in [2.24, 2.45) is 0 Å². The van der Waals surface area contributed by atoms with Crippen molar-refractivity contribution in [2.75, 3.05) is 0 Å². The van der Waals surface area contributed by atoms with Crippen LogP contribution in [0, 0.1) is 11.3 Å². The predicted octanol–water partition coefficient (Wildman–Crippen LogP) is 2.21. The van der Waals surface area contributed by atoms with Crippen molar-refractivity contribution < 1.29 is 9.90 Å². The van der Waals surface area contributed by atoms with Gasteiger partial charge in [0.15, 0.2) is 5.78 Å². The molecule has 0 fully saturated rings. The first-order valence-corrected chi connectivity index (χ1v) is 5.79. The maximum absolute atomic E-state index is 11.9. The van der Waals surface area contributed by atoms with E-state index in [9.17, 15) is 4.79 Å². The number of rotatable bonds is 4. The van der Waals surface area contributed by atoms with Crippen molar-refractivity contribution >= 4 is 21.7 Å². The molecule has 1 unspecified atom stereocenters. The number of carbonyl (C=O) groups excluding carboxylic acids is 1. The number of nitrogens with zero attached hydrogens (tertiary/aromatic N) is 1. The molecule has 16 heavy (non-hydrogen) atoms. The maximum atomic E-state index is 11.9. The molecule has 0 amide bonds. The number of hydrogen-bond acceptors (Lipinski definition) is 3. The van der Waals surface area contributed by atoms with Gasteiger partial charge in [-0.3, -0.25) is 4.79 Å². The molecule has 0 heterocycles. The number of hydrogen-bond donors (Lipinski definition) is 1. The molecule has 4 heteroatoms. The largest absolute Gasteiger partial charge is 0.392 e. The smallest absolute Gasteiger partial charge is 0.176 e. The van der Waals surface area contributed by atoms with E-state index in [2.05, 4.69) is 15.9 Å². The quantitative estimate of drug-likeness (QED) is 0.680. The van der Waals surface area contributed by atoms with E-state index < -0.39 is 0 Å². The van der Waals surface area contributed by atoms with E-state index in [0.717, 1.165) is 0 Å². The Morgan fingerprint density at radius 1 is 1.62 bits per heavy atom.